The van der Waals surface area contributed by atoms with Crippen molar-refractivity contribution in [3.8, 4) is 5.88 Å². The second-order valence-corrected chi connectivity index (χ2v) is 3.78. The van der Waals surface area contributed by atoms with Gasteiger partial charge in [-0.3, -0.25) is 4.79 Å². The van der Waals surface area contributed by atoms with Gasteiger partial charge in [-0.05, 0) is 19.1 Å². The Morgan fingerprint density at radius 2 is 2.20 bits per heavy atom. The number of rotatable bonds is 5. The van der Waals surface area contributed by atoms with Crippen molar-refractivity contribution in [1.29, 1.82) is 0 Å². The number of nitrogens with two attached hydrogens (primary N) is 1. The fraction of sp³-hybridized carbons (Fsp3) is 0.455. The molecule has 1 unspecified atom stereocenters. The second-order valence-electron chi connectivity index (χ2n) is 3.78. The number of nitrogens with zero attached hydrogens (tertiary/aromatic N) is 1. The van der Waals surface area contributed by atoms with E-state index in [2.05, 4.69) is 10.3 Å². The van der Waals surface area contributed by atoms with Gasteiger partial charge in [-0.2, -0.15) is 13.2 Å². The van der Waals surface area contributed by atoms with E-state index in [1.807, 2.05) is 0 Å². The van der Waals surface area contributed by atoms with E-state index in [9.17, 15) is 18.0 Å². The van der Waals surface area contributed by atoms with Gasteiger partial charge in [0.05, 0.1) is 12.6 Å². The molecule has 5 nitrogen and oxygen atoms in total. The van der Waals surface area contributed by atoms with Gasteiger partial charge < -0.3 is 15.8 Å². The molecule has 0 bridgehead atoms. The van der Waals surface area contributed by atoms with Crippen LogP contribution in [0.15, 0.2) is 18.3 Å². The van der Waals surface area contributed by atoms with Crippen LogP contribution in [0.3, 0.4) is 0 Å². The topological polar surface area (TPSA) is 77.2 Å². The molecule has 0 saturated carbocycles. The molecule has 9 heteroatoms. The number of halogens is 4. The summed E-state index contributed by atoms with van der Waals surface area (Å²) in [5.41, 5.74) is 4.35. The molecule has 0 aliphatic rings. The largest absolute Gasteiger partial charge is 0.475 e. The number of carbonyl (C=O) groups is 1. The Balaban J connectivity index is 0.00000361. The highest BCUT2D eigenvalue weighted by Crippen LogP contribution is 2.34. The van der Waals surface area contributed by atoms with Gasteiger partial charge in [0.1, 0.15) is 12.2 Å². The van der Waals surface area contributed by atoms with Gasteiger partial charge in [-0.25, -0.2) is 4.98 Å². The lowest BCUT2D eigenvalue weighted by molar-refractivity contribution is -0.139. The standard InChI is InChI=1S/C11H14F3N3O2.ClH/c1-7(15)9(18)16-5-6-19-10-8(11(12,13)14)3-2-4-17-10;/h2-4,7H,5-6,15H2,1H3,(H,16,18);1H. The van der Waals surface area contributed by atoms with Crippen molar-refractivity contribution in [2.45, 2.75) is 19.1 Å². The van der Waals surface area contributed by atoms with Crippen molar-refractivity contribution in [2.75, 3.05) is 13.2 Å². The number of hydrogen-bond acceptors (Lipinski definition) is 4. The summed E-state index contributed by atoms with van der Waals surface area (Å²) >= 11 is 0. The highest BCUT2D eigenvalue weighted by Gasteiger charge is 2.34. The van der Waals surface area contributed by atoms with Crippen molar-refractivity contribution in [3.05, 3.63) is 23.9 Å². The number of nitrogens with one attached hydrogen (secondary N) is 1. The van der Waals surface area contributed by atoms with E-state index in [1.165, 1.54) is 19.2 Å². The summed E-state index contributed by atoms with van der Waals surface area (Å²) in [6.07, 6.45) is -3.33. The number of ether oxygens (including phenoxy) is 1. The van der Waals surface area contributed by atoms with Gasteiger partial charge in [-0.1, -0.05) is 0 Å². The Kier molecular flexibility index (Phi) is 7.30. The predicted octanol–water partition coefficient (Wildman–Crippen LogP) is 1.36. The van der Waals surface area contributed by atoms with Crippen molar-refractivity contribution in [2.24, 2.45) is 5.73 Å². The maximum absolute atomic E-state index is 12.6. The molecular formula is C11H15ClF3N3O2. The molecule has 114 valence electrons. The molecular weight excluding hydrogens is 299 g/mol. The molecule has 1 heterocycles. The first-order valence-corrected chi connectivity index (χ1v) is 5.50. The van der Waals surface area contributed by atoms with Gasteiger partial charge in [-0.15, -0.1) is 12.4 Å². The van der Waals surface area contributed by atoms with E-state index in [0.29, 0.717) is 0 Å². The summed E-state index contributed by atoms with van der Waals surface area (Å²) in [4.78, 5) is 14.6. The molecule has 1 aromatic rings. The van der Waals surface area contributed by atoms with Crippen LogP contribution in [0.25, 0.3) is 0 Å². The van der Waals surface area contributed by atoms with E-state index >= 15 is 0 Å². The van der Waals surface area contributed by atoms with E-state index in [0.717, 1.165) is 6.07 Å². The van der Waals surface area contributed by atoms with E-state index in [1.54, 1.807) is 0 Å². The van der Waals surface area contributed by atoms with Crippen molar-refractivity contribution < 1.29 is 22.7 Å². The summed E-state index contributed by atoms with van der Waals surface area (Å²) in [6, 6.07) is 1.37. The first-order valence-electron chi connectivity index (χ1n) is 5.50. The van der Waals surface area contributed by atoms with Gasteiger partial charge >= 0.3 is 6.18 Å². The summed E-state index contributed by atoms with van der Waals surface area (Å²) in [6.45, 7) is 1.42. The number of carbonyl (C=O) groups excluding carboxylic acids is 1. The molecule has 0 radical (unpaired) electrons. The average molecular weight is 314 g/mol. The normalized spacial score (nSPS) is 12.2. The molecule has 0 aromatic carbocycles. The summed E-state index contributed by atoms with van der Waals surface area (Å²) < 4.78 is 42.7. The monoisotopic (exact) mass is 313 g/mol. The molecule has 1 amide bonds. The maximum Gasteiger partial charge on any atom is 0.421 e. The second kappa shape index (κ2) is 7.91. The molecule has 0 fully saturated rings. The maximum atomic E-state index is 12.6. The number of alkyl halides is 3. The number of aromatic nitrogens is 1. The lowest BCUT2D eigenvalue weighted by Crippen LogP contribution is -2.40. The van der Waals surface area contributed by atoms with Crippen LogP contribution in [-0.2, 0) is 11.0 Å². The molecule has 1 rings (SSSR count). The number of amides is 1. The molecule has 0 aliphatic heterocycles. The summed E-state index contributed by atoms with van der Waals surface area (Å²) in [5.74, 6) is -0.911. The van der Waals surface area contributed by atoms with Gasteiger partial charge in [0.25, 0.3) is 0 Å². The zero-order chi connectivity index (χ0) is 14.5. The van der Waals surface area contributed by atoms with Crippen molar-refractivity contribution >= 4 is 18.3 Å². The van der Waals surface area contributed by atoms with Crippen molar-refractivity contribution in [3.63, 3.8) is 0 Å². The molecule has 0 spiro atoms. The fourth-order valence-corrected chi connectivity index (χ4v) is 1.20. The zero-order valence-electron chi connectivity index (χ0n) is 10.6. The third-order valence-corrected chi connectivity index (χ3v) is 2.13. The van der Waals surface area contributed by atoms with E-state index < -0.39 is 29.6 Å². The Hall–Kier alpha value is -1.54. The highest BCUT2D eigenvalue weighted by atomic mass is 35.5. The summed E-state index contributed by atoms with van der Waals surface area (Å²) in [5, 5.41) is 2.41. The van der Waals surface area contributed by atoms with Crippen LogP contribution in [0.4, 0.5) is 13.2 Å². The van der Waals surface area contributed by atoms with E-state index in [4.69, 9.17) is 10.5 Å². The van der Waals surface area contributed by atoms with Crippen LogP contribution >= 0.6 is 12.4 Å². The minimum atomic E-state index is -4.53. The quantitative estimate of drug-likeness (QED) is 0.805. The molecule has 20 heavy (non-hydrogen) atoms. The minimum Gasteiger partial charge on any atom is -0.475 e. The molecule has 1 atom stereocenters. The van der Waals surface area contributed by atoms with Crippen molar-refractivity contribution in [1.82, 2.24) is 10.3 Å². The van der Waals surface area contributed by atoms with E-state index in [-0.39, 0.29) is 25.6 Å². The Bertz CT molecular complexity index is 441. The van der Waals surface area contributed by atoms with Gasteiger partial charge in [0, 0.05) is 6.20 Å². The van der Waals surface area contributed by atoms with Crippen LogP contribution in [0.2, 0.25) is 0 Å². The van der Waals surface area contributed by atoms with Crippen LogP contribution in [-0.4, -0.2) is 30.1 Å². The predicted molar refractivity (Wildman–Crippen MR) is 68.6 cm³/mol. The van der Waals surface area contributed by atoms with Crippen LogP contribution in [0.1, 0.15) is 12.5 Å². The molecule has 0 aliphatic carbocycles. The van der Waals surface area contributed by atoms with Gasteiger partial charge in [0.15, 0.2) is 0 Å². The number of hydrogen-bond donors (Lipinski definition) is 2. The SMILES string of the molecule is CC(N)C(=O)NCCOc1ncccc1C(F)(F)F.Cl. The lowest BCUT2D eigenvalue weighted by Gasteiger charge is -2.13. The Morgan fingerprint density at radius 3 is 2.75 bits per heavy atom. The van der Waals surface area contributed by atoms with Crippen LogP contribution in [0.5, 0.6) is 5.88 Å². The zero-order valence-corrected chi connectivity index (χ0v) is 11.4. The van der Waals surface area contributed by atoms with Crippen LogP contribution < -0.4 is 15.8 Å². The van der Waals surface area contributed by atoms with Gasteiger partial charge in [0.2, 0.25) is 11.8 Å². The molecule has 1 aromatic heterocycles. The minimum absolute atomic E-state index is 0. The lowest BCUT2D eigenvalue weighted by atomic mass is 10.2. The first kappa shape index (κ1) is 18.5. The third-order valence-electron chi connectivity index (χ3n) is 2.13. The third kappa shape index (κ3) is 5.62. The summed E-state index contributed by atoms with van der Waals surface area (Å²) in [7, 11) is 0. The van der Waals surface area contributed by atoms with Crippen LogP contribution in [0, 0.1) is 0 Å². The Labute approximate surface area is 120 Å². The Morgan fingerprint density at radius 1 is 1.55 bits per heavy atom. The molecule has 0 saturated heterocycles. The fourth-order valence-electron chi connectivity index (χ4n) is 1.20. The number of pyridine rings is 1. The smallest absolute Gasteiger partial charge is 0.421 e. The highest BCUT2D eigenvalue weighted by molar-refractivity contribution is 5.85. The molecule has 3 N–H and O–H groups in total. The average Bonchev–Trinajstić information content (AvgIpc) is 2.33. The first-order chi connectivity index (χ1) is 8.82.